The molecule has 5 rings (SSSR count). The zero-order valence-corrected chi connectivity index (χ0v) is 35.3. The lowest BCUT2D eigenvalue weighted by Gasteiger charge is -2.37. The molecule has 0 radical (unpaired) electrons. The average Bonchev–Trinajstić information content (AvgIpc) is 3.27. The lowest BCUT2D eigenvalue weighted by Crippen LogP contribution is -2.57. The van der Waals surface area contributed by atoms with Crippen molar-refractivity contribution in [1.82, 2.24) is 18.9 Å². The smallest absolute Gasteiger partial charge is 0.332 e. The summed E-state index contributed by atoms with van der Waals surface area (Å²) in [7, 11) is 0. The number of urea groups is 1. The summed E-state index contributed by atoms with van der Waals surface area (Å²) in [6.45, 7) is 7.13. The SMILES string of the molecule is Cc1cn(CC[C@@H](COCCO[C@H](CN)CCN2CC(C)C(=O)N(COCc3ccccc3)C2=O)OCCOCC2=CCCCC2)c(=O)n(COCc2ccccc2)c1=O. The Labute approximate surface area is 352 Å². The van der Waals surface area contributed by atoms with Gasteiger partial charge in [0.25, 0.3) is 5.56 Å². The number of nitrogens with two attached hydrogens (primary N) is 1. The minimum absolute atomic E-state index is 0.121. The maximum Gasteiger partial charge on any atom is 0.332 e. The van der Waals surface area contributed by atoms with Gasteiger partial charge in [-0.2, -0.15) is 0 Å². The monoisotopic (exact) mass is 833 g/mol. The molecule has 0 saturated carbocycles. The highest BCUT2D eigenvalue weighted by Gasteiger charge is 2.37. The van der Waals surface area contributed by atoms with Gasteiger partial charge in [0.05, 0.1) is 71.0 Å². The van der Waals surface area contributed by atoms with Crippen LogP contribution in [-0.4, -0.2) is 109 Å². The van der Waals surface area contributed by atoms with Crippen LogP contribution in [0.25, 0.3) is 0 Å². The van der Waals surface area contributed by atoms with Gasteiger partial charge in [-0.15, -0.1) is 0 Å². The van der Waals surface area contributed by atoms with Crippen LogP contribution in [0.1, 0.15) is 62.1 Å². The predicted octanol–water partition coefficient (Wildman–Crippen LogP) is 4.61. The molecular formula is C45H63N5O10. The van der Waals surface area contributed by atoms with Crippen molar-refractivity contribution in [2.45, 2.75) is 91.1 Å². The van der Waals surface area contributed by atoms with Gasteiger partial charge in [-0.25, -0.2) is 19.1 Å². The van der Waals surface area contributed by atoms with Crippen LogP contribution in [0.3, 0.4) is 0 Å². The fourth-order valence-electron chi connectivity index (χ4n) is 7.12. The first kappa shape index (κ1) is 46.6. The summed E-state index contributed by atoms with van der Waals surface area (Å²) >= 11 is 0. The second kappa shape index (κ2) is 25.3. The van der Waals surface area contributed by atoms with Crippen LogP contribution in [0.5, 0.6) is 0 Å². The fraction of sp³-hybridized carbons (Fsp3) is 0.556. The van der Waals surface area contributed by atoms with Crippen molar-refractivity contribution in [3.63, 3.8) is 0 Å². The molecule has 2 heterocycles. The second-order valence-electron chi connectivity index (χ2n) is 15.4. The van der Waals surface area contributed by atoms with Crippen LogP contribution >= 0.6 is 0 Å². The summed E-state index contributed by atoms with van der Waals surface area (Å²) in [5.41, 5.74) is 8.86. The maximum atomic E-state index is 13.4. The number of carbonyl (C=O) groups excluding carboxylic acids is 2. The molecule has 3 atom stereocenters. The van der Waals surface area contributed by atoms with Crippen molar-refractivity contribution >= 4 is 11.9 Å². The number of amides is 3. The van der Waals surface area contributed by atoms with E-state index in [0.29, 0.717) is 64.5 Å². The summed E-state index contributed by atoms with van der Waals surface area (Å²) in [6, 6.07) is 18.8. The minimum Gasteiger partial charge on any atom is -0.376 e. The number of rotatable bonds is 27. The van der Waals surface area contributed by atoms with Crippen LogP contribution in [0.2, 0.25) is 0 Å². The number of aryl methyl sites for hydroxylation is 2. The third-order valence-electron chi connectivity index (χ3n) is 10.6. The summed E-state index contributed by atoms with van der Waals surface area (Å²) in [5, 5.41) is 0. The van der Waals surface area contributed by atoms with Crippen molar-refractivity contribution in [1.29, 1.82) is 0 Å². The molecule has 1 unspecified atom stereocenters. The van der Waals surface area contributed by atoms with Crippen molar-refractivity contribution in [3.05, 3.63) is 116 Å². The Kier molecular flexibility index (Phi) is 19.7. The summed E-state index contributed by atoms with van der Waals surface area (Å²) in [5.74, 6) is -0.617. The molecule has 60 heavy (non-hydrogen) atoms. The Balaban J connectivity index is 1.08. The Morgan fingerprint density at radius 1 is 0.750 bits per heavy atom. The Hall–Kier alpha value is -4.48. The van der Waals surface area contributed by atoms with Crippen LogP contribution in [0.15, 0.2) is 88.1 Å². The first-order valence-electron chi connectivity index (χ1n) is 21.1. The molecule has 1 fully saturated rings. The van der Waals surface area contributed by atoms with E-state index in [0.717, 1.165) is 33.4 Å². The van der Waals surface area contributed by atoms with Gasteiger partial charge in [0.15, 0.2) is 0 Å². The van der Waals surface area contributed by atoms with Crippen molar-refractivity contribution in [2.24, 2.45) is 11.7 Å². The molecule has 2 N–H and O–H groups in total. The van der Waals surface area contributed by atoms with E-state index in [1.54, 1.807) is 24.9 Å². The number of imide groups is 1. The normalized spacial score (nSPS) is 16.9. The molecule has 1 aliphatic heterocycles. The molecule has 1 aliphatic carbocycles. The number of benzene rings is 2. The first-order valence-corrected chi connectivity index (χ1v) is 21.1. The number of nitrogens with zero attached hydrogens (tertiary/aromatic N) is 4. The Morgan fingerprint density at radius 3 is 2.07 bits per heavy atom. The Morgan fingerprint density at radius 2 is 1.40 bits per heavy atom. The van der Waals surface area contributed by atoms with Gasteiger partial charge in [-0.1, -0.05) is 73.7 Å². The number of hydrogen-bond acceptors (Lipinski definition) is 11. The number of hydrogen-bond donors (Lipinski definition) is 1. The number of ether oxygens (including phenoxy) is 6. The van der Waals surface area contributed by atoms with E-state index >= 15 is 0 Å². The first-order chi connectivity index (χ1) is 29.2. The molecule has 15 heteroatoms. The third kappa shape index (κ3) is 14.9. The molecule has 3 amide bonds. The van der Waals surface area contributed by atoms with E-state index in [4.69, 9.17) is 34.2 Å². The average molecular weight is 834 g/mol. The highest BCUT2D eigenvalue weighted by molar-refractivity contribution is 5.97. The molecule has 0 bridgehead atoms. The second-order valence-corrected chi connectivity index (χ2v) is 15.4. The van der Waals surface area contributed by atoms with Crippen LogP contribution in [0.4, 0.5) is 4.79 Å². The van der Waals surface area contributed by atoms with Gasteiger partial charge < -0.3 is 39.1 Å². The summed E-state index contributed by atoms with van der Waals surface area (Å²) < 4.78 is 38.3. The van der Waals surface area contributed by atoms with E-state index in [-0.39, 0.29) is 82.1 Å². The zero-order chi connectivity index (χ0) is 42.5. The molecule has 2 aromatic carbocycles. The van der Waals surface area contributed by atoms with E-state index in [2.05, 4.69) is 6.08 Å². The Bertz CT molecular complexity index is 1900. The van der Waals surface area contributed by atoms with Gasteiger partial charge in [0, 0.05) is 37.9 Å². The van der Waals surface area contributed by atoms with Gasteiger partial charge in [0.2, 0.25) is 5.91 Å². The summed E-state index contributed by atoms with van der Waals surface area (Å²) in [6.07, 6.45) is 8.64. The number of aromatic nitrogens is 2. The van der Waals surface area contributed by atoms with Gasteiger partial charge in [-0.05, 0) is 62.1 Å². The fourth-order valence-corrected chi connectivity index (χ4v) is 7.12. The molecule has 2 aliphatic rings. The van der Waals surface area contributed by atoms with Crippen LogP contribution < -0.4 is 17.0 Å². The molecule has 1 aromatic heterocycles. The highest BCUT2D eigenvalue weighted by atomic mass is 16.6. The van der Waals surface area contributed by atoms with Crippen LogP contribution in [-0.2, 0) is 59.7 Å². The van der Waals surface area contributed by atoms with Crippen LogP contribution in [0, 0.1) is 12.8 Å². The number of carbonyl (C=O) groups is 2. The largest absolute Gasteiger partial charge is 0.376 e. The topological polar surface area (TPSA) is 166 Å². The standard InChI is InChI=1S/C45H63N5O10/c1-35-27-47(44(53)49(42(35)51)33-57-30-38-14-8-4-9-15-38)20-18-40(26-46)59-24-23-56-32-41(60-25-22-55-29-37-12-6-3-7-13-37)19-21-48-28-36(2)43(52)50(45(48)54)34-58-31-39-16-10-5-11-17-39/h4-5,8-12,14-17,28,35,40-41H,3,6-7,13,18-27,29-34,46H2,1-2H3/t35?,40-,41-/m0/s1. The predicted molar refractivity (Wildman–Crippen MR) is 226 cm³/mol. The molecule has 3 aromatic rings. The van der Waals surface area contributed by atoms with Crippen molar-refractivity contribution in [3.8, 4) is 0 Å². The van der Waals surface area contributed by atoms with E-state index in [9.17, 15) is 19.2 Å². The van der Waals surface area contributed by atoms with E-state index in [1.807, 2.05) is 60.7 Å². The van der Waals surface area contributed by atoms with Crippen molar-refractivity contribution < 1.29 is 38.0 Å². The third-order valence-corrected chi connectivity index (χ3v) is 10.6. The molecular weight excluding hydrogens is 771 g/mol. The van der Waals surface area contributed by atoms with Gasteiger partial charge in [-0.3, -0.25) is 14.2 Å². The van der Waals surface area contributed by atoms with Crippen molar-refractivity contribution in [2.75, 3.05) is 66.0 Å². The summed E-state index contributed by atoms with van der Waals surface area (Å²) in [4.78, 5) is 55.3. The number of allylic oxidation sites excluding steroid dienone is 1. The molecule has 15 nitrogen and oxygen atoms in total. The lowest BCUT2D eigenvalue weighted by atomic mass is 10.0. The van der Waals surface area contributed by atoms with Gasteiger partial charge in [0.1, 0.15) is 13.5 Å². The zero-order valence-electron chi connectivity index (χ0n) is 35.3. The van der Waals surface area contributed by atoms with E-state index in [1.165, 1.54) is 23.0 Å². The lowest BCUT2D eigenvalue weighted by molar-refractivity contribution is -0.141. The highest BCUT2D eigenvalue weighted by Crippen LogP contribution is 2.19. The minimum atomic E-state index is -0.458. The molecule has 328 valence electrons. The van der Waals surface area contributed by atoms with E-state index < -0.39 is 5.69 Å². The van der Waals surface area contributed by atoms with Gasteiger partial charge >= 0.3 is 11.7 Å². The molecule has 0 spiro atoms. The molecule has 1 saturated heterocycles. The maximum absolute atomic E-state index is 13.4. The quantitative estimate of drug-likeness (QED) is 0.0843.